The van der Waals surface area contributed by atoms with Gasteiger partial charge in [-0.1, -0.05) is 18.2 Å². The molecule has 1 atom stereocenters. The van der Waals surface area contributed by atoms with Crippen molar-refractivity contribution < 1.29 is 14.3 Å². The van der Waals surface area contributed by atoms with Gasteiger partial charge in [0.05, 0.1) is 0 Å². The maximum Gasteiger partial charge on any atom is 0.168 e. The minimum absolute atomic E-state index is 0.0513. The van der Waals surface area contributed by atoms with Gasteiger partial charge in [0.2, 0.25) is 0 Å². The number of rotatable bonds is 3. The summed E-state index contributed by atoms with van der Waals surface area (Å²) in [4.78, 5) is 11.4. The number of carbonyl (C=O) groups is 1. The predicted molar refractivity (Wildman–Crippen MR) is 49.1 cm³/mol. The van der Waals surface area contributed by atoms with Gasteiger partial charge in [0.25, 0.3) is 0 Å². The summed E-state index contributed by atoms with van der Waals surface area (Å²) in [6.07, 6.45) is 0.359. The lowest BCUT2D eigenvalue weighted by atomic mass is 10.0. The molecule has 3 heteroatoms. The van der Waals surface area contributed by atoms with Crippen molar-refractivity contribution in [1.29, 1.82) is 0 Å². The molecule has 74 valence electrons. The maximum absolute atomic E-state index is 13.2. The minimum Gasteiger partial charge on any atom is -0.380 e. The standard InChI is InChI=1S/C11H11FO2/c12-9-4-2-1-3-8(9)11(14)10(13)7-5-6-7/h1-4,7,11,14H,5-6H2. The molecule has 0 heterocycles. The molecule has 0 aliphatic heterocycles. The van der Waals surface area contributed by atoms with Crippen molar-refractivity contribution in [2.75, 3.05) is 0 Å². The molecular formula is C11H11FO2. The summed E-state index contributed by atoms with van der Waals surface area (Å²) in [7, 11) is 0. The Bertz CT molecular complexity index is 358. The summed E-state index contributed by atoms with van der Waals surface area (Å²) in [5, 5.41) is 9.59. The Balaban J connectivity index is 2.21. The zero-order valence-corrected chi connectivity index (χ0v) is 7.61. The fraction of sp³-hybridized carbons (Fsp3) is 0.364. The number of halogens is 1. The minimum atomic E-state index is -1.29. The van der Waals surface area contributed by atoms with Crippen LogP contribution in [0.15, 0.2) is 24.3 Å². The molecule has 1 aliphatic carbocycles. The Morgan fingerprint density at radius 2 is 2.07 bits per heavy atom. The SMILES string of the molecule is O=C(C1CC1)C(O)c1ccccc1F. The Morgan fingerprint density at radius 3 is 2.64 bits per heavy atom. The molecule has 0 radical (unpaired) electrons. The van der Waals surface area contributed by atoms with E-state index in [0.717, 1.165) is 12.8 Å². The summed E-state index contributed by atoms with van der Waals surface area (Å²) >= 11 is 0. The summed E-state index contributed by atoms with van der Waals surface area (Å²) in [6, 6.07) is 5.84. The molecule has 0 saturated heterocycles. The number of Topliss-reactive ketones (excluding diaryl/α,β-unsaturated/α-hetero) is 1. The lowest BCUT2D eigenvalue weighted by Gasteiger charge is -2.09. The van der Waals surface area contributed by atoms with Crippen LogP contribution in [0.2, 0.25) is 0 Å². The number of ketones is 1. The molecule has 1 unspecified atom stereocenters. The molecule has 1 saturated carbocycles. The van der Waals surface area contributed by atoms with E-state index in [1.54, 1.807) is 6.07 Å². The molecule has 0 amide bonds. The van der Waals surface area contributed by atoms with Crippen LogP contribution in [0.5, 0.6) is 0 Å². The Morgan fingerprint density at radius 1 is 1.43 bits per heavy atom. The zero-order valence-electron chi connectivity index (χ0n) is 7.61. The van der Waals surface area contributed by atoms with Crippen LogP contribution < -0.4 is 0 Å². The lowest BCUT2D eigenvalue weighted by Crippen LogP contribution is -2.14. The first-order valence-electron chi connectivity index (χ1n) is 4.66. The fourth-order valence-corrected chi connectivity index (χ4v) is 1.44. The largest absolute Gasteiger partial charge is 0.380 e. The van der Waals surface area contributed by atoms with E-state index in [4.69, 9.17) is 0 Å². The molecule has 1 aromatic carbocycles. The highest BCUT2D eigenvalue weighted by atomic mass is 19.1. The lowest BCUT2D eigenvalue weighted by molar-refractivity contribution is -0.128. The molecule has 0 spiro atoms. The number of carbonyl (C=O) groups excluding carboxylic acids is 1. The van der Waals surface area contributed by atoms with Gasteiger partial charge in [-0.25, -0.2) is 4.39 Å². The third-order valence-electron chi connectivity index (χ3n) is 2.45. The van der Waals surface area contributed by atoms with E-state index in [0.29, 0.717) is 0 Å². The quantitative estimate of drug-likeness (QED) is 0.797. The third-order valence-corrected chi connectivity index (χ3v) is 2.45. The van der Waals surface area contributed by atoms with Crippen molar-refractivity contribution in [1.82, 2.24) is 0 Å². The highest BCUT2D eigenvalue weighted by Crippen LogP contribution is 2.34. The first-order chi connectivity index (χ1) is 6.70. The van der Waals surface area contributed by atoms with E-state index in [-0.39, 0.29) is 17.3 Å². The second kappa shape index (κ2) is 3.50. The second-order valence-electron chi connectivity index (χ2n) is 3.60. The van der Waals surface area contributed by atoms with Crippen LogP contribution >= 0.6 is 0 Å². The molecule has 1 aliphatic rings. The van der Waals surface area contributed by atoms with Gasteiger partial charge in [-0.3, -0.25) is 4.79 Å². The van der Waals surface area contributed by atoms with Gasteiger partial charge in [-0.2, -0.15) is 0 Å². The highest BCUT2D eigenvalue weighted by molar-refractivity contribution is 5.88. The molecule has 1 N–H and O–H groups in total. The van der Waals surface area contributed by atoms with Crippen molar-refractivity contribution in [3.63, 3.8) is 0 Å². The average Bonchev–Trinajstić information content (AvgIpc) is 3.00. The number of benzene rings is 1. The van der Waals surface area contributed by atoms with Gasteiger partial charge in [-0.05, 0) is 18.9 Å². The third kappa shape index (κ3) is 1.68. The first-order valence-corrected chi connectivity index (χ1v) is 4.66. The fourth-order valence-electron chi connectivity index (χ4n) is 1.44. The van der Waals surface area contributed by atoms with E-state index in [9.17, 15) is 14.3 Å². The van der Waals surface area contributed by atoms with E-state index in [2.05, 4.69) is 0 Å². The molecule has 1 aromatic rings. The predicted octanol–water partition coefficient (Wildman–Crippen LogP) is 1.84. The summed E-state index contributed by atoms with van der Waals surface area (Å²) in [5.41, 5.74) is 0.0874. The van der Waals surface area contributed by atoms with Gasteiger partial charge >= 0.3 is 0 Å². The topological polar surface area (TPSA) is 37.3 Å². The van der Waals surface area contributed by atoms with Crippen LogP contribution in [0.4, 0.5) is 4.39 Å². The van der Waals surface area contributed by atoms with Gasteiger partial charge in [0.1, 0.15) is 11.9 Å². The number of aliphatic hydroxyl groups is 1. The van der Waals surface area contributed by atoms with Crippen molar-refractivity contribution in [3.05, 3.63) is 35.6 Å². The van der Waals surface area contributed by atoms with E-state index >= 15 is 0 Å². The average molecular weight is 194 g/mol. The Labute approximate surface area is 81.4 Å². The smallest absolute Gasteiger partial charge is 0.168 e. The van der Waals surface area contributed by atoms with Gasteiger partial charge < -0.3 is 5.11 Å². The monoisotopic (exact) mass is 194 g/mol. The van der Waals surface area contributed by atoms with Crippen LogP contribution in [-0.4, -0.2) is 10.9 Å². The van der Waals surface area contributed by atoms with Crippen LogP contribution in [0.1, 0.15) is 24.5 Å². The molecule has 2 rings (SSSR count). The maximum atomic E-state index is 13.2. The first kappa shape index (κ1) is 9.34. The Kier molecular flexibility index (Phi) is 2.33. The van der Waals surface area contributed by atoms with E-state index < -0.39 is 11.9 Å². The summed E-state index contributed by atoms with van der Waals surface area (Å²) in [6.45, 7) is 0. The Hall–Kier alpha value is -1.22. The van der Waals surface area contributed by atoms with Gasteiger partial charge in [-0.15, -0.1) is 0 Å². The second-order valence-corrected chi connectivity index (χ2v) is 3.60. The summed E-state index contributed by atoms with van der Waals surface area (Å²) in [5.74, 6) is -0.825. The van der Waals surface area contributed by atoms with Crippen LogP contribution in [0.3, 0.4) is 0 Å². The molecule has 14 heavy (non-hydrogen) atoms. The van der Waals surface area contributed by atoms with Crippen LogP contribution in [0, 0.1) is 11.7 Å². The summed E-state index contributed by atoms with van der Waals surface area (Å²) < 4.78 is 13.2. The zero-order chi connectivity index (χ0) is 10.1. The molecule has 0 aromatic heterocycles. The van der Waals surface area contributed by atoms with Crippen molar-refractivity contribution >= 4 is 5.78 Å². The van der Waals surface area contributed by atoms with Gasteiger partial charge in [0, 0.05) is 11.5 Å². The number of hydrogen-bond acceptors (Lipinski definition) is 2. The van der Waals surface area contributed by atoms with E-state index in [1.807, 2.05) is 0 Å². The van der Waals surface area contributed by atoms with Crippen LogP contribution in [-0.2, 0) is 4.79 Å². The molecule has 0 bridgehead atoms. The number of aliphatic hydroxyl groups excluding tert-OH is 1. The molecular weight excluding hydrogens is 183 g/mol. The van der Waals surface area contributed by atoms with Crippen molar-refractivity contribution in [2.45, 2.75) is 18.9 Å². The molecule has 1 fully saturated rings. The highest BCUT2D eigenvalue weighted by Gasteiger charge is 2.35. The van der Waals surface area contributed by atoms with Crippen molar-refractivity contribution in [2.24, 2.45) is 5.92 Å². The van der Waals surface area contributed by atoms with E-state index in [1.165, 1.54) is 18.2 Å². The van der Waals surface area contributed by atoms with Crippen molar-refractivity contribution in [3.8, 4) is 0 Å². The van der Waals surface area contributed by atoms with Crippen LogP contribution in [0.25, 0.3) is 0 Å². The number of hydrogen-bond donors (Lipinski definition) is 1. The normalized spacial score (nSPS) is 17.9. The molecule has 2 nitrogen and oxygen atoms in total. The van der Waals surface area contributed by atoms with Gasteiger partial charge in [0.15, 0.2) is 5.78 Å².